The zero-order valence-electron chi connectivity index (χ0n) is 15.8. The Labute approximate surface area is 164 Å². The van der Waals surface area contributed by atoms with Crippen molar-refractivity contribution in [3.8, 4) is 11.5 Å². The number of hydrogen-bond acceptors (Lipinski definition) is 4. The molecule has 27 heavy (non-hydrogen) atoms. The molecule has 6 heteroatoms. The van der Waals surface area contributed by atoms with Crippen molar-refractivity contribution in [2.45, 2.75) is 32.6 Å². The molecule has 0 spiro atoms. The van der Waals surface area contributed by atoms with Gasteiger partial charge in [-0.15, -0.1) is 0 Å². The van der Waals surface area contributed by atoms with Gasteiger partial charge in [-0.2, -0.15) is 0 Å². The molecule has 2 rings (SSSR count). The van der Waals surface area contributed by atoms with Crippen molar-refractivity contribution < 1.29 is 19.1 Å². The second kappa shape index (κ2) is 9.97. The van der Waals surface area contributed by atoms with Gasteiger partial charge < -0.3 is 14.8 Å². The maximum Gasteiger partial charge on any atom is 0.224 e. The minimum Gasteiger partial charge on any atom is -0.495 e. The average molecular weight is 390 g/mol. The Bertz CT molecular complexity index is 803. The Morgan fingerprint density at radius 2 is 1.67 bits per heavy atom. The van der Waals surface area contributed by atoms with E-state index in [4.69, 9.17) is 21.1 Å². The Morgan fingerprint density at radius 1 is 1.00 bits per heavy atom. The summed E-state index contributed by atoms with van der Waals surface area (Å²) in [7, 11) is 2.99. The van der Waals surface area contributed by atoms with Crippen LogP contribution < -0.4 is 14.8 Å². The molecule has 0 saturated heterocycles. The van der Waals surface area contributed by atoms with Gasteiger partial charge in [0.05, 0.1) is 24.9 Å². The molecular weight excluding hydrogens is 366 g/mol. The van der Waals surface area contributed by atoms with Gasteiger partial charge >= 0.3 is 0 Å². The predicted octanol–water partition coefficient (Wildman–Crippen LogP) is 4.91. The fraction of sp³-hybridized carbons (Fsp3) is 0.333. The monoisotopic (exact) mass is 389 g/mol. The zero-order valence-corrected chi connectivity index (χ0v) is 16.6. The smallest absolute Gasteiger partial charge is 0.224 e. The number of hydrogen-bond donors (Lipinski definition) is 1. The SMILES string of the molecule is CCCc1ccc(C(=O)CCC(=O)Nc2cc(Cl)c(OC)cc2OC)cc1. The minimum absolute atomic E-state index is 0.0621. The first-order chi connectivity index (χ1) is 13.0. The molecule has 144 valence electrons. The highest BCUT2D eigenvalue weighted by Gasteiger charge is 2.14. The van der Waals surface area contributed by atoms with Crippen LogP contribution in [0.5, 0.6) is 11.5 Å². The lowest BCUT2D eigenvalue weighted by molar-refractivity contribution is -0.116. The van der Waals surface area contributed by atoms with E-state index in [9.17, 15) is 9.59 Å². The van der Waals surface area contributed by atoms with Crippen molar-refractivity contribution in [3.05, 3.63) is 52.5 Å². The van der Waals surface area contributed by atoms with E-state index in [2.05, 4.69) is 12.2 Å². The molecule has 0 radical (unpaired) electrons. The van der Waals surface area contributed by atoms with E-state index in [1.165, 1.54) is 19.8 Å². The van der Waals surface area contributed by atoms with Crippen LogP contribution in [0.2, 0.25) is 5.02 Å². The molecule has 0 aromatic heterocycles. The van der Waals surface area contributed by atoms with E-state index in [0.717, 1.165) is 12.8 Å². The van der Waals surface area contributed by atoms with Gasteiger partial charge in [0, 0.05) is 24.5 Å². The summed E-state index contributed by atoms with van der Waals surface area (Å²) in [4.78, 5) is 24.5. The molecule has 0 aliphatic heterocycles. The van der Waals surface area contributed by atoms with Gasteiger partial charge in [-0.3, -0.25) is 9.59 Å². The standard InChI is InChI=1S/C21H24ClNO4/c1-4-5-14-6-8-15(9-7-14)18(24)10-11-21(25)23-17-12-16(22)19(26-2)13-20(17)27-3/h6-9,12-13H,4-5,10-11H2,1-3H3,(H,23,25). The molecule has 0 aliphatic rings. The lowest BCUT2D eigenvalue weighted by Gasteiger charge is -2.13. The lowest BCUT2D eigenvalue weighted by Crippen LogP contribution is -2.14. The van der Waals surface area contributed by atoms with Crippen LogP contribution in [0, 0.1) is 0 Å². The molecular formula is C21H24ClNO4. The number of halogens is 1. The van der Waals surface area contributed by atoms with Crippen molar-refractivity contribution in [2.75, 3.05) is 19.5 Å². The van der Waals surface area contributed by atoms with Gasteiger partial charge in [0.25, 0.3) is 0 Å². The number of anilines is 1. The van der Waals surface area contributed by atoms with Gasteiger partial charge in [-0.05, 0) is 18.1 Å². The zero-order chi connectivity index (χ0) is 19.8. The number of benzene rings is 2. The third kappa shape index (κ3) is 5.73. The molecule has 0 fully saturated rings. The van der Waals surface area contributed by atoms with Crippen LogP contribution in [0.25, 0.3) is 0 Å². The molecule has 2 aromatic carbocycles. The van der Waals surface area contributed by atoms with Crippen LogP contribution >= 0.6 is 11.6 Å². The van der Waals surface area contributed by atoms with Gasteiger partial charge in [0.1, 0.15) is 11.5 Å². The highest BCUT2D eigenvalue weighted by Crippen LogP contribution is 2.35. The number of ether oxygens (including phenoxy) is 2. The molecule has 0 atom stereocenters. The van der Waals surface area contributed by atoms with E-state index in [1.807, 2.05) is 24.3 Å². The second-order valence-electron chi connectivity index (χ2n) is 6.11. The number of methoxy groups -OCH3 is 2. The van der Waals surface area contributed by atoms with Crippen LogP contribution in [0.4, 0.5) is 5.69 Å². The fourth-order valence-electron chi connectivity index (χ4n) is 2.69. The van der Waals surface area contributed by atoms with Gasteiger partial charge in [0.2, 0.25) is 5.91 Å². The van der Waals surface area contributed by atoms with E-state index >= 15 is 0 Å². The van der Waals surface area contributed by atoms with Crippen molar-refractivity contribution in [3.63, 3.8) is 0 Å². The van der Waals surface area contributed by atoms with Gasteiger partial charge in [-0.1, -0.05) is 49.2 Å². The number of rotatable bonds is 9. The molecule has 0 unspecified atom stereocenters. The molecule has 5 nitrogen and oxygen atoms in total. The summed E-state index contributed by atoms with van der Waals surface area (Å²) in [5.74, 6) is 0.536. The number of Topliss-reactive ketones (excluding diaryl/α,β-unsaturated/α-hetero) is 1. The molecule has 2 aromatic rings. The fourth-order valence-corrected chi connectivity index (χ4v) is 2.93. The largest absolute Gasteiger partial charge is 0.495 e. The average Bonchev–Trinajstić information content (AvgIpc) is 2.67. The summed E-state index contributed by atoms with van der Waals surface area (Å²) in [5.41, 5.74) is 2.26. The number of amides is 1. The summed E-state index contributed by atoms with van der Waals surface area (Å²) < 4.78 is 10.4. The Hall–Kier alpha value is -2.53. The van der Waals surface area contributed by atoms with Crippen molar-refractivity contribution in [2.24, 2.45) is 0 Å². The van der Waals surface area contributed by atoms with Crippen LogP contribution in [-0.2, 0) is 11.2 Å². The van der Waals surface area contributed by atoms with Gasteiger partial charge in [0.15, 0.2) is 5.78 Å². The number of aryl methyl sites for hydroxylation is 1. The maximum absolute atomic E-state index is 12.3. The summed E-state index contributed by atoms with van der Waals surface area (Å²) in [6.45, 7) is 2.11. The van der Waals surface area contributed by atoms with Crippen molar-refractivity contribution in [1.29, 1.82) is 0 Å². The first-order valence-corrected chi connectivity index (χ1v) is 9.19. The van der Waals surface area contributed by atoms with Crippen LogP contribution in [0.3, 0.4) is 0 Å². The third-order valence-corrected chi connectivity index (χ3v) is 4.44. The lowest BCUT2D eigenvalue weighted by atomic mass is 10.0. The summed E-state index contributed by atoms with van der Waals surface area (Å²) >= 11 is 6.10. The summed E-state index contributed by atoms with van der Waals surface area (Å²) in [6.07, 6.45) is 2.25. The maximum atomic E-state index is 12.3. The third-order valence-electron chi connectivity index (χ3n) is 4.14. The second-order valence-corrected chi connectivity index (χ2v) is 6.51. The molecule has 0 saturated carbocycles. The van der Waals surface area contributed by atoms with E-state index in [1.54, 1.807) is 12.1 Å². The summed E-state index contributed by atoms with van der Waals surface area (Å²) in [5, 5.41) is 3.09. The minimum atomic E-state index is -0.287. The first kappa shape index (κ1) is 20.8. The van der Waals surface area contributed by atoms with Crippen LogP contribution in [0.15, 0.2) is 36.4 Å². The van der Waals surface area contributed by atoms with Gasteiger partial charge in [-0.25, -0.2) is 0 Å². The quantitative estimate of drug-likeness (QED) is 0.619. The van der Waals surface area contributed by atoms with Crippen LogP contribution in [0.1, 0.15) is 42.1 Å². The summed E-state index contributed by atoms with van der Waals surface area (Å²) in [6, 6.07) is 10.7. The van der Waals surface area contributed by atoms with Crippen molar-refractivity contribution >= 4 is 29.0 Å². The first-order valence-electron chi connectivity index (χ1n) is 8.82. The number of carbonyl (C=O) groups excluding carboxylic acids is 2. The highest BCUT2D eigenvalue weighted by molar-refractivity contribution is 6.32. The molecule has 0 aliphatic carbocycles. The normalized spacial score (nSPS) is 10.4. The number of ketones is 1. The Kier molecular flexibility index (Phi) is 7.67. The van der Waals surface area contributed by atoms with Crippen LogP contribution in [-0.4, -0.2) is 25.9 Å². The topological polar surface area (TPSA) is 64.6 Å². The molecule has 1 amide bonds. The number of carbonyl (C=O) groups is 2. The number of nitrogens with one attached hydrogen (secondary N) is 1. The molecule has 0 bridgehead atoms. The predicted molar refractivity (Wildman–Crippen MR) is 107 cm³/mol. The highest BCUT2D eigenvalue weighted by atomic mass is 35.5. The van der Waals surface area contributed by atoms with E-state index < -0.39 is 0 Å². The Morgan fingerprint density at radius 3 is 2.26 bits per heavy atom. The Balaban J connectivity index is 1.96. The van der Waals surface area contributed by atoms with E-state index in [0.29, 0.717) is 27.8 Å². The molecule has 0 heterocycles. The molecule has 1 N–H and O–H groups in total. The van der Waals surface area contributed by atoms with E-state index in [-0.39, 0.29) is 24.5 Å². The van der Waals surface area contributed by atoms with Crippen molar-refractivity contribution in [1.82, 2.24) is 0 Å².